The van der Waals surface area contributed by atoms with Crippen LogP contribution in [0.4, 0.5) is 0 Å². The van der Waals surface area contributed by atoms with Crippen molar-refractivity contribution in [1.29, 1.82) is 0 Å². The highest BCUT2D eigenvalue weighted by Gasteiger charge is 2.18. The summed E-state index contributed by atoms with van der Waals surface area (Å²) in [7, 11) is 1.62. The van der Waals surface area contributed by atoms with E-state index in [1.54, 1.807) is 7.11 Å². The predicted molar refractivity (Wildman–Crippen MR) is 79.3 cm³/mol. The van der Waals surface area contributed by atoms with Gasteiger partial charge in [0, 0.05) is 6.54 Å². The molecule has 2 rings (SSSR count). The standard InChI is InChI=1S/C16H25NO3/c1-13-7-9-17(10-8-13)11-14(18)12-20-16-6-4-3-5-15(16)19-2/h3-6,13-14,18H,7-12H2,1-2H3/t14-/m1/s1. The van der Waals surface area contributed by atoms with Crippen LogP contribution in [0.5, 0.6) is 11.5 Å². The van der Waals surface area contributed by atoms with Gasteiger partial charge in [-0.3, -0.25) is 0 Å². The summed E-state index contributed by atoms with van der Waals surface area (Å²) in [5.41, 5.74) is 0. The third-order valence-corrected chi connectivity index (χ3v) is 3.85. The van der Waals surface area contributed by atoms with Crippen molar-refractivity contribution in [3.63, 3.8) is 0 Å². The lowest BCUT2D eigenvalue weighted by Crippen LogP contribution is -2.40. The van der Waals surface area contributed by atoms with E-state index >= 15 is 0 Å². The molecular formula is C16H25NO3. The molecule has 1 aliphatic rings. The van der Waals surface area contributed by atoms with Crippen LogP contribution in [0.2, 0.25) is 0 Å². The Bertz CT molecular complexity index is 402. The molecule has 1 N–H and O–H groups in total. The molecular weight excluding hydrogens is 254 g/mol. The number of aliphatic hydroxyl groups excluding tert-OH is 1. The molecule has 4 heteroatoms. The zero-order valence-corrected chi connectivity index (χ0v) is 12.4. The number of benzene rings is 1. The van der Waals surface area contributed by atoms with Crippen LogP contribution in [0, 0.1) is 5.92 Å². The Morgan fingerprint density at radius 2 is 1.90 bits per heavy atom. The van der Waals surface area contributed by atoms with E-state index < -0.39 is 6.10 Å². The normalized spacial score (nSPS) is 18.8. The number of para-hydroxylation sites is 2. The van der Waals surface area contributed by atoms with E-state index in [0.717, 1.165) is 19.0 Å². The van der Waals surface area contributed by atoms with Gasteiger partial charge in [-0.05, 0) is 44.0 Å². The van der Waals surface area contributed by atoms with Gasteiger partial charge in [0.25, 0.3) is 0 Å². The Morgan fingerprint density at radius 1 is 1.25 bits per heavy atom. The fraction of sp³-hybridized carbons (Fsp3) is 0.625. The van der Waals surface area contributed by atoms with Gasteiger partial charge in [0.05, 0.1) is 7.11 Å². The van der Waals surface area contributed by atoms with Gasteiger partial charge in [0.2, 0.25) is 0 Å². The Balaban J connectivity index is 1.76. The van der Waals surface area contributed by atoms with Crippen LogP contribution >= 0.6 is 0 Å². The second-order valence-electron chi connectivity index (χ2n) is 5.60. The highest BCUT2D eigenvalue weighted by Crippen LogP contribution is 2.25. The molecule has 0 amide bonds. The van der Waals surface area contributed by atoms with Crippen LogP contribution in [-0.2, 0) is 0 Å². The van der Waals surface area contributed by atoms with Crippen molar-refractivity contribution in [2.24, 2.45) is 5.92 Å². The van der Waals surface area contributed by atoms with Crippen LogP contribution in [-0.4, -0.2) is 49.5 Å². The third-order valence-electron chi connectivity index (χ3n) is 3.85. The minimum Gasteiger partial charge on any atom is -0.493 e. The molecule has 1 heterocycles. The van der Waals surface area contributed by atoms with Gasteiger partial charge in [0.1, 0.15) is 12.7 Å². The van der Waals surface area contributed by atoms with Crippen molar-refractivity contribution in [3.8, 4) is 11.5 Å². The SMILES string of the molecule is COc1ccccc1OC[C@H](O)CN1CCC(C)CC1. The topological polar surface area (TPSA) is 41.9 Å². The average Bonchev–Trinajstić information content (AvgIpc) is 2.48. The lowest BCUT2D eigenvalue weighted by molar-refractivity contribution is 0.0555. The Morgan fingerprint density at radius 3 is 2.55 bits per heavy atom. The quantitative estimate of drug-likeness (QED) is 0.866. The summed E-state index contributed by atoms with van der Waals surface area (Å²) in [6.45, 7) is 5.42. The largest absolute Gasteiger partial charge is 0.493 e. The van der Waals surface area contributed by atoms with E-state index in [1.165, 1.54) is 12.8 Å². The smallest absolute Gasteiger partial charge is 0.161 e. The van der Waals surface area contributed by atoms with Crippen molar-refractivity contribution in [2.75, 3.05) is 33.4 Å². The number of ether oxygens (including phenoxy) is 2. The van der Waals surface area contributed by atoms with Crippen LogP contribution in [0.15, 0.2) is 24.3 Å². The average molecular weight is 279 g/mol. The lowest BCUT2D eigenvalue weighted by atomic mass is 9.99. The number of hydrogen-bond acceptors (Lipinski definition) is 4. The second-order valence-corrected chi connectivity index (χ2v) is 5.60. The molecule has 0 spiro atoms. The number of hydrogen-bond donors (Lipinski definition) is 1. The summed E-state index contributed by atoms with van der Waals surface area (Å²) < 4.78 is 10.9. The summed E-state index contributed by atoms with van der Waals surface area (Å²) in [4.78, 5) is 2.32. The third kappa shape index (κ3) is 4.39. The van der Waals surface area contributed by atoms with E-state index in [4.69, 9.17) is 9.47 Å². The molecule has 0 aromatic heterocycles. The molecule has 4 nitrogen and oxygen atoms in total. The predicted octanol–water partition coefficient (Wildman–Crippen LogP) is 2.17. The number of nitrogens with zero attached hydrogens (tertiary/aromatic N) is 1. The van der Waals surface area contributed by atoms with E-state index in [9.17, 15) is 5.11 Å². The molecule has 0 unspecified atom stereocenters. The molecule has 1 aliphatic heterocycles. The van der Waals surface area contributed by atoms with Crippen molar-refractivity contribution >= 4 is 0 Å². The fourth-order valence-electron chi connectivity index (χ4n) is 2.52. The van der Waals surface area contributed by atoms with Crippen molar-refractivity contribution < 1.29 is 14.6 Å². The van der Waals surface area contributed by atoms with Gasteiger partial charge in [0.15, 0.2) is 11.5 Å². The maximum Gasteiger partial charge on any atom is 0.161 e. The zero-order valence-electron chi connectivity index (χ0n) is 12.4. The van der Waals surface area contributed by atoms with Crippen molar-refractivity contribution in [1.82, 2.24) is 4.90 Å². The summed E-state index contributed by atoms with van der Waals surface area (Å²) in [6.07, 6.45) is 1.98. The summed E-state index contributed by atoms with van der Waals surface area (Å²) in [5, 5.41) is 10.1. The highest BCUT2D eigenvalue weighted by molar-refractivity contribution is 5.39. The molecule has 0 radical (unpaired) electrons. The number of likely N-dealkylation sites (tertiary alicyclic amines) is 1. The minimum absolute atomic E-state index is 0.298. The molecule has 20 heavy (non-hydrogen) atoms. The van der Waals surface area contributed by atoms with Gasteiger partial charge in [-0.15, -0.1) is 0 Å². The van der Waals surface area contributed by atoms with E-state index in [0.29, 0.717) is 24.7 Å². The van der Waals surface area contributed by atoms with Gasteiger partial charge in [-0.25, -0.2) is 0 Å². The van der Waals surface area contributed by atoms with Gasteiger partial charge in [-0.1, -0.05) is 19.1 Å². The Labute approximate surface area is 121 Å². The van der Waals surface area contributed by atoms with Crippen LogP contribution in [0.3, 0.4) is 0 Å². The summed E-state index contributed by atoms with van der Waals surface area (Å²) in [5.74, 6) is 2.20. The van der Waals surface area contributed by atoms with Gasteiger partial charge >= 0.3 is 0 Å². The molecule has 0 saturated carbocycles. The van der Waals surface area contributed by atoms with Crippen LogP contribution < -0.4 is 9.47 Å². The second kappa shape index (κ2) is 7.50. The molecule has 112 valence electrons. The van der Waals surface area contributed by atoms with Gasteiger partial charge in [-0.2, -0.15) is 0 Å². The highest BCUT2D eigenvalue weighted by atomic mass is 16.5. The monoisotopic (exact) mass is 279 g/mol. The molecule has 0 aliphatic carbocycles. The molecule has 1 aromatic rings. The van der Waals surface area contributed by atoms with Crippen LogP contribution in [0.25, 0.3) is 0 Å². The van der Waals surface area contributed by atoms with Crippen molar-refractivity contribution in [3.05, 3.63) is 24.3 Å². The first-order chi connectivity index (χ1) is 9.69. The van der Waals surface area contributed by atoms with Crippen LogP contribution in [0.1, 0.15) is 19.8 Å². The summed E-state index contributed by atoms with van der Waals surface area (Å²) in [6, 6.07) is 7.51. The van der Waals surface area contributed by atoms with Crippen molar-refractivity contribution in [2.45, 2.75) is 25.9 Å². The lowest BCUT2D eigenvalue weighted by Gasteiger charge is -2.31. The fourth-order valence-corrected chi connectivity index (χ4v) is 2.52. The molecule has 1 fully saturated rings. The van der Waals surface area contributed by atoms with Gasteiger partial charge < -0.3 is 19.5 Å². The first-order valence-corrected chi connectivity index (χ1v) is 7.35. The Kier molecular flexibility index (Phi) is 5.68. The Hall–Kier alpha value is -1.26. The van der Waals surface area contributed by atoms with E-state index in [2.05, 4.69) is 11.8 Å². The molecule has 0 bridgehead atoms. The number of rotatable bonds is 6. The first kappa shape index (κ1) is 15.1. The maximum absolute atomic E-state index is 10.1. The number of piperidine rings is 1. The van der Waals surface area contributed by atoms with E-state index in [-0.39, 0.29) is 0 Å². The number of aliphatic hydroxyl groups is 1. The molecule has 1 saturated heterocycles. The number of β-amino-alcohol motifs (C(OH)–C–C–N with tert-alkyl or cyclic N) is 1. The number of methoxy groups -OCH3 is 1. The maximum atomic E-state index is 10.1. The first-order valence-electron chi connectivity index (χ1n) is 7.35. The zero-order chi connectivity index (χ0) is 14.4. The van der Waals surface area contributed by atoms with E-state index in [1.807, 2.05) is 24.3 Å². The minimum atomic E-state index is -0.465. The molecule has 1 aromatic carbocycles. The molecule has 1 atom stereocenters. The summed E-state index contributed by atoms with van der Waals surface area (Å²) >= 11 is 0.